The summed E-state index contributed by atoms with van der Waals surface area (Å²) < 4.78 is 11.1. The Hall–Kier alpha value is -2.86. The van der Waals surface area contributed by atoms with E-state index in [4.69, 9.17) is 20.9 Å². The van der Waals surface area contributed by atoms with Gasteiger partial charge in [0.05, 0.1) is 10.6 Å². The molecule has 2 aromatic heterocycles. The average molecular weight is 372 g/mol. The molecule has 0 aliphatic rings. The van der Waals surface area contributed by atoms with Crippen LogP contribution in [0.3, 0.4) is 0 Å². The number of amides is 1. The van der Waals surface area contributed by atoms with Gasteiger partial charge in [-0.3, -0.25) is 4.79 Å². The first-order valence-electron chi connectivity index (χ1n) is 8.02. The number of hydrogen-bond donors (Lipinski definition) is 1. The molecule has 0 spiro atoms. The van der Waals surface area contributed by atoms with Gasteiger partial charge in [0.1, 0.15) is 23.9 Å². The van der Waals surface area contributed by atoms with Crippen LogP contribution in [0.2, 0.25) is 5.02 Å². The lowest BCUT2D eigenvalue weighted by Gasteiger charge is -2.12. The normalized spacial score (nSPS) is 10.6. The maximum Gasteiger partial charge on any atom is 0.279 e. The van der Waals surface area contributed by atoms with Crippen LogP contribution in [-0.4, -0.2) is 16.0 Å². The van der Waals surface area contributed by atoms with E-state index in [-0.39, 0.29) is 12.3 Å². The van der Waals surface area contributed by atoms with Gasteiger partial charge in [0.2, 0.25) is 0 Å². The lowest BCUT2D eigenvalue weighted by molar-refractivity contribution is 0.101. The number of halogens is 1. The molecule has 1 aromatic carbocycles. The number of hydrogen-bond acceptors (Lipinski definition) is 5. The Labute approximate surface area is 156 Å². The lowest BCUT2D eigenvalue weighted by Crippen LogP contribution is -2.16. The summed E-state index contributed by atoms with van der Waals surface area (Å²) in [6.45, 7) is 5.87. The number of pyridine rings is 1. The van der Waals surface area contributed by atoms with Gasteiger partial charge in [-0.05, 0) is 44.0 Å². The Morgan fingerprint density at radius 1 is 1.19 bits per heavy atom. The van der Waals surface area contributed by atoms with Crippen molar-refractivity contribution in [2.45, 2.75) is 27.4 Å². The number of anilines is 1. The second-order valence-corrected chi connectivity index (χ2v) is 6.33. The Balaban J connectivity index is 1.78. The Kier molecular flexibility index (Phi) is 5.23. The number of carbonyl (C=O) groups excluding carboxylic acids is 1. The zero-order valence-corrected chi connectivity index (χ0v) is 15.4. The van der Waals surface area contributed by atoms with Gasteiger partial charge in [0.25, 0.3) is 5.91 Å². The summed E-state index contributed by atoms with van der Waals surface area (Å²) in [6.07, 6.45) is 1.45. The molecular weight excluding hydrogens is 354 g/mol. The summed E-state index contributed by atoms with van der Waals surface area (Å²) in [6, 6.07) is 9.18. The fourth-order valence-electron chi connectivity index (χ4n) is 2.54. The monoisotopic (exact) mass is 371 g/mol. The van der Waals surface area contributed by atoms with Crippen molar-refractivity contribution in [3.05, 3.63) is 69.7 Å². The highest BCUT2D eigenvalue weighted by molar-refractivity contribution is 6.30. The first-order valence-corrected chi connectivity index (χ1v) is 8.40. The number of aryl methyl sites for hydroxylation is 3. The molecular formula is C19H18ClN3O3. The molecule has 0 fully saturated rings. The molecule has 2 heterocycles. The molecule has 6 nitrogen and oxygen atoms in total. The third kappa shape index (κ3) is 3.86. The molecule has 0 aliphatic carbocycles. The molecule has 0 bridgehead atoms. The van der Waals surface area contributed by atoms with Crippen LogP contribution in [0, 0.1) is 20.8 Å². The maximum atomic E-state index is 12.5. The van der Waals surface area contributed by atoms with Gasteiger partial charge in [-0.1, -0.05) is 35.0 Å². The minimum absolute atomic E-state index is 0.172. The number of nitrogens with one attached hydrogen (secondary N) is 1. The van der Waals surface area contributed by atoms with Gasteiger partial charge in [0, 0.05) is 6.20 Å². The third-order valence-electron chi connectivity index (χ3n) is 3.94. The van der Waals surface area contributed by atoms with Crippen molar-refractivity contribution in [1.82, 2.24) is 10.1 Å². The molecule has 134 valence electrons. The molecule has 0 saturated carbocycles. The molecule has 1 amide bonds. The molecule has 0 unspecified atom stereocenters. The highest BCUT2D eigenvalue weighted by Crippen LogP contribution is 2.25. The molecule has 0 atom stereocenters. The second kappa shape index (κ2) is 7.58. The smallest absolute Gasteiger partial charge is 0.279 e. The van der Waals surface area contributed by atoms with Crippen LogP contribution in [0.25, 0.3) is 0 Å². The van der Waals surface area contributed by atoms with Crippen LogP contribution >= 0.6 is 11.6 Å². The van der Waals surface area contributed by atoms with Crippen molar-refractivity contribution in [3.63, 3.8) is 0 Å². The van der Waals surface area contributed by atoms with E-state index in [9.17, 15) is 4.79 Å². The lowest BCUT2D eigenvalue weighted by atomic mass is 10.1. The van der Waals surface area contributed by atoms with E-state index in [0.717, 1.165) is 16.9 Å². The van der Waals surface area contributed by atoms with Crippen LogP contribution in [0.15, 0.2) is 41.1 Å². The van der Waals surface area contributed by atoms with Crippen LogP contribution in [0.1, 0.15) is 32.9 Å². The van der Waals surface area contributed by atoms with Crippen molar-refractivity contribution in [2.24, 2.45) is 0 Å². The number of aromatic nitrogens is 2. The van der Waals surface area contributed by atoms with E-state index in [1.54, 1.807) is 19.1 Å². The van der Waals surface area contributed by atoms with Crippen LogP contribution in [0.4, 0.5) is 5.82 Å². The first kappa shape index (κ1) is 17.9. The molecule has 7 heteroatoms. The summed E-state index contributed by atoms with van der Waals surface area (Å²) in [7, 11) is 0. The van der Waals surface area contributed by atoms with E-state index < -0.39 is 5.91 Å². The highest BCUT2D eigenvalue weighted by atomic mass is 35.5. The summed E-state index contributed by atoms with van der Waals surface area (Å²) in [5.41, 5.74) is 2.82. The standard InChI is InChI=1S/C19H18ClN3O3/c1-11-5-4-6-12(2)18(11)25-10-15-13(3)26-23-17(15)19(24)22-16-8-7-14(20)9-21-16/h4-9H,10H2,1-3H3,(H,21,22,24). The predicted molar refractivity (Wildman–Crippen MR) is 98.7 cm³/mol. The number of nitrogens with zero attached hydrogens (tertiary/aromatic N) is 2. The van der Waals surface area contributed by atoms with Gasteiger partial charge < -0.3 is 14.6 Å². The Bertz CT molecular complexity index is 915. The molecule has 26 heavy (non-hydrogen) atoms. The molecule has 3 aromatic rings. The molecule has 0 aliphatic heterocycles. The Morgan fingerprint density at radius 3 is 2.58 bits per heavy atom. The van der Waals surface area contributed by atoms with Gasteiger partial charge in [-0.15, -0.1) is 0 Å². The van der Waals surface area contributed by atoms with E-state index >= 15 is 0 Å². The van der Waals surface area contributed by atoms with Crippen LogP contribution < -0.4 is 10.1 Å². The minimum Gasteiger partial charge on any atom is -0.488 e. The van der Waals surface area contributed by atoms with Crippen LogP contribution in [-0.2, 0) is 6.61 Å². The first-order chi connectivity index (χ1) is 12.5. The second-order valence-electron chi connectivity index (χ2n) is 5.89. The number of para-hydroxylation sites is 1. The summed E-state index contributed by atoms with van der Waals surface area (Å²) in [4.78, 5) is 16.6. The molecule has 1 N–H and O–H groups in total. The fraction of sp³-hybridized carbons (Fsp3) is 0.211. The van der Waals surface area contributed by atoms with Crippen LogP contribution in [0.5, 0.6) is 5.75 Å². The average Bonchev–Trinajstić information content (AvgIpc) is 2.97. The van der Waals surface area contributed by atoms with Crippen molar-refractivity contribution in [2.75, 3.05) is 5.32 Å². The van der Waals surface area contributed by atoms with Crippen molar-refractivity contribution in [3.8, 4) is 5.75 Å². The quantitative estimate of drug-likeness (QED) is 0.715. The van der Waals surface area contributed by atoms with E-state index in [2.05, 4.69) is 15.5 Å². The van der Waals surface area contributed by atoms with Crippen molar-refractivity contribution < 1.29 is 14.1 Å². The summed E-state index contributed by atoms with van der Waals surface area (Å²) in [5, 5.41) is 7.03. The number of ether oxygens (including phenoxy) is 1. The van der Waals surface area contributed by atoms with Gasteiger partial charge in [-0.25, -0.2) is 4.98 Å². The zero-order valence-electron chi connectivity index (χ0n) is 14.7. The summed E-state index contributed by atoms with van der Waals surface area (Å²) >= 11 is 5.80. The number of benzene rings is 1. The minimum atomic E-state index is -0.420. The third-order valence-corrected chi connectivity index (χ3v) is 4.16. The van der Waals surface area contributed by atoms with E-state index in [1.165, 1.54) is 6.20 Å². The number of carbonyl (C=O) groups is 1. The van der Waals surface area contributed by atoms with E-state index in [0.29, 0.717) is 22.2 Å². The SMILES string of the molecule is Cc1cccc(C)c1OCc1c(C(=O)Nc2ccc(Cl)cn2)noc1C. The number of rotatable bonds is 5. The molecule has 0 saturated heterocycles. The highest BCUT2D eigenvalue weighted by Gasteiger charge is 2.21. The largest absolute Gasteiger partial charge is 0.488 e. The maximum absolute atomic E-state index is 12.5. The summed E-state index contributed by atoms with van der Waals surface area (Å²) in [5.74, 6) is 1.28. The van der Waals surface area contributed by atoms with Crippen molar-refractivity contribution in [1.29, 1.82) is 0 Å². The van der Waals surface area contributed by atoms with Gasteiger partial charge >= 0.3 is 0 Å². The van der Waals surface area contributed by atoms with E-state index in [1.807, 2.05) is 32.0 Å². The topological polar surface area (TPSA) is 77.2 Å². The van der Waals surface area contributed by atoms with Gasteiger partial charge in [0.15, 0.2) is 5.69 Å². The Morgan fingerprint density at radius 2 is 1.92 bits per heavy atom. The molecule has 0 radical (unpaired) electrons. The van der Waals surface area contributed by atoms with Crippen molar-refractivity contribution >= 4 is 23.3 Å². The van der Waals surface area contributed by atoms with Gasteiger partial charge in [-0.2, -0.15) is 0 Å². The zero-order chi connectivity index (χ0) is 18.7. The molecule has 3 rings (SSSR count). The predicted octanol–water partition coefficient (Wildman–Crippen LogP) is 4.48. The fourth-order valence-corrected chi connectivity index (χ4v) is 2.65.